The summed E-state index contributed by atoms with van der Waals surface area (Å²) < 4.78 is 9.62. The molecule has 0 unspecified atom stereocenters. The Bertz CT molecular complexity index is 1390. The minimum Gasteiger partial charge on any atom is -0.348 e. The zero-order valence-electron chi connectivity index (χ0n) is 17.9. The first-order chi connectivity index (χ1) is 15.6. The molecule has 164 valence electrons. The Balaban J connectivity index is 1.65. The van der Waals surface area contributed by atoms with E-state index in [1.807, 2.05) is 0 Å². The van der Waals surface area contributed by atoms with E-state index in [4.69, 9.17) is 24.6 Å². The molecular formula is C22H18Cl2N4O4. The molecule has 8 nitrogen and oxygen atoms in total. The van der Waals surface area contributed by atoms with Crippen LogP contribution in [0.25, 0.3) is 10.9 Å². The van der Waals surface area contributed by atoms with E-state index in [1.165, 1.54) is 19.1 Å². The molecule has 32 heavy (non-hydrogen) atoms. The lowest BCUT2D eigenvalue weighted by atomic mass is 10.0. The van der Waals surface area contributed by atoms with Crippen LogP contribution in [-0.2, 0) is 16.1 Å². The first-order valence-corrected chi connectivity index (χ1v) is 10.5. The topological polar surface area (TPSA) is 110 Å². The van der Waals surface area contributed by atoms with Gasteiger partial charge in [0, 0.05) is 18.5 Å². The molecule has 3 aromatic rings. The van der Waals surface area contributed by atoms with Crippen LogP contribution in [0, 0.1) is 6.92 Å². The van der Waals surface area contributed by atoms with Crippen molar-refractivity contribution in [3.05, 3.63) is 73.7 Å². The van der Waals surface area contributed by atoms with Gasteiger partial charge in [-0.15, -0.1) is 0 Å². The average Bonchev–Trinajstić information content (AvgIpc) is 2.77. The lowest BCUT2D eigenvalue weighted by Gasteiger charge is -2.24. The number of carbonyl (C=O) groups is 3. The molecule has 1 aromatic heterocycles. The van der Waals surface area contributed by atoms with Crippen molar-refractivity contribution in [2.75, 3.05) is 0 Å². The highest BCUT2D eigenvalue weighted by atomic mass is 35.5. The predicted molar refractivity (Wildman–Crippen MR) is 120 cm³/mol. The zero-order valence-corrected chi connectivity index (χ0v) is 18.4. The second kappa shape index (κ2) is 8.72. The maximum atomic E-state index is 13.3. The number of piperidine rings is 1. The Labute approximate surface area is 193 Å². The van der Waals surface area contributed by atoms with Gasteiger partial charge in [0.25, 0.3) is 11.5 Å². The van der Waals surface area contributed by atoms with E-state index in [2.05, 4.69) is 15.6 Å². The Hall–Kier alpha value is -3.23. The second-order valence-corrected chi connectivity index (χ2v) is 8.10. The van der Waals surface area contributed by atoms with Gasteiger partial charge in [-0.25, -0.2) is 4.98 Å². The smallest absolute Gasteiger partial charge is 0.262 e. The third kappa shape index (κ3) is 4.24. The molecular weight excluding hydrogens is 455 g/mol. The largest absolute Gasteiger partial charge is 0.348 e. The molecule has 1 aliphatic heterocycles. The van der Waals surface area contributed by atoms with Crippen molar-refractivity contribution in [2.45, 2.75) is 32.3 Å². The van der Waals surface area contributed by atoms with Gasteiger partial charge in [0.15, 0.2) is 0 Å². The van der Waals surface area contributed by atoms with Gasteiger partial charge >= 0.3 is 0 Å². The average molecular weight is 474 g/mol. The number of hydrogen-bond donors (Lipinski definition) is 2. The molecule has 3 amide bonds. The SMILES string of the molecule is [2H][C@]1(n2c(C)nc3ccc(CNC(=O)c4ccc(Cl)c(Cl)c4)cc3c2=O)CCC(=O)NC1=O. The number of amides is 3. The van der Waals surface area contributed by atoms with E-state index in [0.717, 1.165) is 4.57 Å². The third-order valence-corrected chi connectivity index (χ3v) is 5.85. The molecule has 1 aliphatic rings. The lowest BCUT2D eigenvalue weighted by molar-refractivity contribution is -0.135. The molecule has 4 rings (SSSR count). The summed E-state index contributed by atoms with van der Waals surface area (Å²) in [7, 11) is 0. The summed E-state index contributed by atoms with van der Waals surface area (Å²) in [4.78, 5) is 54.0. The van der Waals surface area contributed by atoms with Gasteiger partial charge in [0.1, 0.15) is 11.8 Å². The van der Waals surface area contributed by atoms with Gasteiger partial charge in [0.05, 0.1) is 22.3 Å². The molecule has 2 N–H and O–H groups in total. The lowest BCUT2D eigenvalue weighted by Crippen LogP contribution is -2.45. The molecule has 0 saturated carbocycles. The van der Waals surface area contributed by atoms with Crippen LogP contribution >= 0.6 is 23.2 Å². The molecule has 2 heterocycles. The molecule has 0 bridgehead atoms. The molecule has 1 atom stereocenters. The highest BCUT2D eigenvalue weighted by molar-refractivity contribution is 6.42. The van der Waals surface area contributed by atoms with Crippen molar-refractivity contribution in [3.63, 3.8) is 0 Å². The zero-order chi connectivity index (χ0) is 23.9. The van der Waals surface area contributed by atoms with Crippen LogP contribution in [-0.4, -0.2) is 27.3 Å². The maximum absolute atomic E-state index is 13.3. The van der Waals surface area contributed by atoms with Gasteiger partial charge in [0.2, 0.25) is 11.8 Å². The van der Waals surface area contributed by atoms with Crippen LogP contribution < -0.4 is 16.2 Å². The highest BCUT2D eigenvalue weighted by Crippen LogP contribution is 2.23. The number of nitrogens with zero attached hydrogens (tertiary/aromatic N) is 2. The van der Waals surface area contributed by atoms with Crippen molar-refractivity contribution < 1.29 is 15.8 Å². The summed E-state index contributed by atoms with van der Waals surface area (Å²) >= 11 is 11.8. The first-order valence-electron chi connectivity index (χ1n) is 10.2. The van der Waals surface area contributed by atoms with E-state index in [-0.39, 0.29) is 41.5 Å². The van der Waals surface area contributed by atoms with Crippen LogP contribution in [0.15, 0.2) is 41.2 Å². The number of hydrogen-bond acceptors (Lipinski definition) is 5. The summed E-state index contributed by atoms with van der Waals surface area (Å²) in [6, 6.07) is 7.46. The molecule has 0 spiro atoms. The summed E-state index contributed by atoms with van der Waals surface area (Å²) in [5.74, 6) is -1.54. The van der Waals surface area contributed by atoms with Gasteiger partial charge in [-0.3, -0.25) is 29.1 Å². The second-order valence-electron chi connectivity index (χ2n) is 7.29. The Kier molecular flexibility index (Phi) is 5.63. The van der Waals surface area contributed by atoms with Crippen molar-refractivity contribution in [2.24, 2.45) is 0 Å². The number of rotatable bonds is 4. The Morgan fingerprint density at radius 1 is 1.22 bits per heavy atom. The monoisotopic (exact) mass is 473 g/mol. The molecule has 1 fully saturated rings. The number of imide groups is 1. The van der Waals surface area contributed by atoms with Gasteiger partial charge in [-0.1, -0.05) is 29.3 Å². The Morgan fingerprint density at radius 2 is 2.00 bits per heavy atom. The number of aromatic nitrogens is 2. The fourth-order valence-corrected chi connectivity index (χ4v) is 3.81. The van der Waals surface area contributed by atoms with Gasteiger partial charge in [-0.2, -0.15) is 0 Å². The van der Waals surface area contributed by atoms with Crippen molar-refractivity contribution in [1.29, 1.82) is 0 Å². The van der Waals surface area contributed by atoms with Crippen LogP contribution in [0.4, 0.5) is 0 Å². The Morgan fingerprint density at radius 3 is 2.72 bits per heavy atom. The van der Waals surface area contributed by atoms with Crippen LogP contribution in [0.3, 0.4) is 0 Å². The molecule has 0 radical (unpaired) electrons. The minimum atomic E-state index is -1.98. The summed E-state index contributed by atoms with van der Waals surface area (Å²) in [5.41, 5.74) is 0.769. The van der Waals surface area contributed by atoms with Gasteiger partial charge in [-0.05, 0) is 49.2 Å². The predicted octanol–water partition coefficient (Wildman–Crippen LogP) is 2.92. The number of benzene rings is 2. The van der Waals surface area contributed by atoms with E-state index in [0.29, 0.717) is 21.7 Å². The van der Waals surface area contributed by atoms with Crippen LogP contribution in [0.1, 0.15) is 42.0 Å². The van der Waals surface area contributed by atoms with E-state index >= 15 is 0 Å². The normalized spacial score (nSPS) is 18.9. The summed E-state index contributed by atoms with van der Waals surface area (Å²) in [6.07, 6.45) is -0.190. The first kappa shape index (κ1) is 20.7. The third-order valence-electron chi connectivity index (χ3n) is 5.11. The molecule has 10 heteroatoms. The number of carbonyl (C=O) groups excluding carboxylic acids is 3. The van der Waals surface area contributed by atoms with Crippen molar-refractivity contribution in [3.8, 4) is 0 Å². The standard InChI is InChI=1S/C22H18Cl2N4O4/c1-11-26-17-5-2-12(10-25-20(30)13-3-4-15(23)16(24)9-13)8-14(17)22(32)28(11)18-6-7-19(29)27-21(18)31/h2-5,8-9,18H,6-7,10H2,1H3,(H,25,30)(H,27,29,31)/t18-/m0/s1/i18D. The quantitative estimate of drug-likeness (QED) is 0.566. The van der Waals surface area contributed by atoms with E-state index in [9.17, 15) is 19.2 Å². The van der Waals surface area contributed by atoms with E-state index < -0.39 is 23.4 Å². The minimum absolute atomic E-state index is 0.0556. The number of nitrogens with one attached hydrogen (secondary N) is 2. The van der Waals surface area contributed by atoms with Crippen LogP contribution in [0.2, 0.25) is 10.0 Å². The number of aryl methyl sites for hydroxylation is 1. The van der Waals surface area contributed by atoms with Gasteiger partial charge < -0.3 is 5.32 Å². The fourth-order valence-electron chi connectivity index (χ4n) is 3.51. The molecule has 2 aromatic carbocycles. The van der Waals surface area contributed by atoms with Crippen molar-refractivity contribution >= 4 is 51.8 Å². The summed E-state index contributed by atoms with van der Waals surface area (Å²) in [5, 5.41) is 5.66. The maximum Gasteiger partial charge on any atom is 0.262 e. The van der Waals surface area contributed by atoms with Crippen LogP contribution in [0.5, 0.6) is 0 Å². The highest BCUT2D eigenvalue weighted by Gasteiger charge is 2.30. The number of halogens is 2. The van der Waals surface area contributed by atoms with E-state index in [1.54, 1.807) is 24.3 Å². The fraction of sp³-hybridized carbons (Fsp3) is 0.227. The summed E-state index contributed by atoms with van der Waals surface area (Å²) in [6.45, 7) is 1.65. The van der Waals surface area contributed by atoms with Crippen molar-refractivity contribution in [1.82, 2.24) is 20.2 Å². The molecule has 1 saturated heterocycles. The number of fused-ring (bicyclic) bond motifs is 1. The molecule has 0 aliphatic carbocycles.